The van der Waals surface area contributed by atoms with E-state index in [-0.39, 0.29) is 17.7 Å². The maximum absolute atomic E-state index is 13.5. The molecule has 6 heteroatoms. The maximum Gasteiger partial charge on any atom is 0.186 e. The monoisotopic (exact) mass is 428 g/mol. The van der Waals surface area contributed by atoms with Crippen molar-refractivity contribution in [3.63, 3.8) is 0 Å². The zero-order chi connectivity index (χ0) is 22.7. The minimum Gasteiger partial charge on any atom is -0.497 e. The molecule has 4 rings (SSSR count). The number of benzene rings is 2. The second-order valence-electron chi connectivity index (χ2n) is 8.45. The molecule has 0 amide bonds. The molecular formula is C26H28N4O2. The Morgan fingerprint density at radius 3 is 2.47 bits per heavy atom. The highest BCUT2D eigenvalue weighted by Gasteiger charge is 2.29. The van der Waals surface area contributed by atoms with E-state index in [1.54, 1.807) is 19.2 Å². The van der Waals surface area contributed by atoms with Crippen molar-refractivity contribution in [1.82, 2.24) is 9.78 Å². The van der Waals surface area contributed by atoms with Gasteiger partial charge < -0.3 is 10.5 Å². The van der Waals surface area contributed by atoms with Gasteiger partial charge in [0.05, 0.1) is 30.1 Å². The molecule has 2 atom stereocenters. The highest BCUT2D eigenvalue weighted by Crippen LogP contribution is 2.33. The molecule has 1 aliphatic rings. The average molecular weight is 429 g/mol. The molecule has 1 aromatic heterocycles. The average Bonchev–Trinajstić information content (AvgIpc) is 3.01. The Morgan fingerprint density at radius 2 is 1.81 bits per heavy atom. The van der Waals surface area contributed by atoms with Crippen LogP contribution in [0.25, 0.3) is 16.9 Å². The SMILES string of the molecule is COc1ccc(-c2c(C)c(C(=O)C3CCCC(N)CC3)nn2-c2ccc(C#N)cc2)cc1. The molecule has 164 valence electrons. The largest absolute Gasteiger partial charge is 0.497 e. The van der Waals surface area contributed by atoms with Gasteiger partial charge in [-0.05, 0) is 81.1 Å². The molecule has 0 radical (unpaired) electrons. The molecule has 0 bridgehead atoms. The van der Waals surface area contributed by atoms with Crippen LogP contribution in [-0.4, -0.2) is 28.7 Å². The predicted molar refractivity (Wildman–Crippen MR) is 124 cm³/mol. The van der Waals surface area contributed by atoms with Crippen LogP contribution in [0, 0.1) is 24.2 Å². The van der Waals surface area contributed by atoms with Crippen molar-refractivity contribution in [3.8, 4) is 28.8 Å². The molecule has 1 fully saturated rings. The molecule has 32 heavy (non-hydrogen) atoms. The number of ketones is 1. The van der Waals surface area contributed by atoms with E-state index in [4.69, 9.17) is 20.8 Å². The Morgan fingerprint density at radius 1 is 1.09 bits per heavy atom. The highest BCUT2D eigenvalue weighted by atomic mass is 16.5. The molecule has 0 spiro atoms. The lowest BCUT2D eigenvalue weighted by molar-refractivity contribution is 0.0901. The van der Waals surface area contributed by atoms with E-state index in [9.17, 15) is 4.79 Å². The van der Waals surface area contributed by atoms with E-state index in [2.05, 4.69) is 6.07 Å². The second kappa shape index (κ2) is 9.37. The van der Waals surface area contributed by atoms with E-state index in [0.29, 0.717) is 11.3 Å². The van der Waals surface area contributed by atoms with E-state index >= 15 is 0 Å². The summed E-state index contributed by atoms with van der Waals surface area (Å²) in [4.78, 5) is 13.5. The minimum absolute atomic E-state index is 0.0460. The number of nitriles is 1. The van der Waals surface area contributed by atoms with E-state index in [0.717, 1.165) is 60.4 Å². The van der Waals surface area contributed by atoms with Crippen LogP contribution in [0.4, 0.5) is 0 Å². The third-order valence-corrected chi connectivity index (χ3v) is 6.34. The number of hydrogen-bond acceptors (Lipinski definition) is 5. The van der Waals surface area contributed by atoms with Crippen LogP contribution in [0.2, 0.25) is 0 Å². The highest BCUT2D eigenvalue weighted by molar-refractivity contribution is 5.99. The third kappa shape index (κ3) is 4.30. The van der Waals surface area contributed by atoms with Crippen LogP contribution in [0.15, 0.2) is 48.5 Å². The van der Waals surface area contributed by atoms with Crippen molar-refractivity contribution in [3.05, 3.63) is 65.4 Å². The van der Waals surface area contributed by atoms with Crippen molar-refractivity contribution in [2.45, 2.75) is 45.1 Å². The van der Waals surface area contributed by atoms with Gasteiger partial charge in [-0.1, -0.05) is 6.42 Å². The van der Waals surface area contributed by atoms with Gasteiger partial charge in [0.15, 0.2) is 5.78 Å². The Hall–Kier alpha value is -3.43. The van der Waals surface area contributed by atoms with Gasteiger partial charge in [-0.25, -0.2) is 4.68 Å². The molecule has 2 aromatic carbocycles. The number of methoxy groups -OCH3 is 1. The van der Waals surface area contributed by atoms with E-state index in [1.165, 1.54) is 0 Å². The Labute approximate surface area is 188 Å². The summed E-state index contributed by atoms with van der Waals surface area (Å²) in [6, 6.07) is 17.3. The fraction of sp³-hybridized carbons (Fsp3) is 0.346. The van der Waals surface area contributed by atoms with Gasteiger partial charge in [-0.3, -0.25) is 4.79 Å². The van der Waals surface area contributed by atoms with Crippen molar-refractivity contribution in [2.24, 2.45) is 11.7 Å². The fourth-order valence-electron chi connectivity index (χ4n) is 4.47. The molecule has 2 N–H and O–H groups in total. The molecule has 3 aromatic rings. The lowest BCUT2D eigenvalue weighted by atomic mass is 9.91. The number of nitrogens with two attached hydrogens (primary N) is 1. The summed E-state index contributed by atoms with van der Waals surface area (Å²) in [5, 5.41) is 14.0. The molecule has 1 heterocycles. The molecule has 2 unspecified atom stereocenters. The normalized spacial score (nSPS) is 18.6. The Kier molecular flexibility index (Phi) is 6.38. The smallest absolute Gasteiger partial charge is 0.186 e. The first-order chi connectivity index (χ1) is 15.5. The van der Waals surface area contributed by atoms with Crippen LogP contribution in [0.1, 0.15) is 53.7 Å². The quantitative estimate of drug-likeness (QED) is 0.464. The summed E-state index contributed by atoms with van der Waals surface area (Å²) < 4.78 is 7.12. The topological polar surface area (TPSA) is 93.9 Å². The summed E-state index contributed by atoms with van der Waals surface area (Å²) in [5.41, 5.74) is 10.7. The van der Waals surface area contributed by atoms with Gasteiger partial charge in [0.2, 0.25) is 0 Å². The maximum atomic E-state index is 13.5. The van der Waals surface area contributed by atoms with Gasteiger partial charge in [0.25, 0.3) is 0 Å². The summed E-state index contributed by atoms with van der Waals surface area (Å²) in [6.45, 7) is 1.96. The van der Waals surface area contributed by atoms with Gasteiger partial charge in [-0.2, -0.15) is 10.4 Å². The number of nitrogens with zero attached hydrogens (tertiary/aromatic N) is 3. The molecule has 1 aliphatic carbocycles. The zero-order valence-electron chi connectivity index (χ0n) is 18.5. The number of carbonyl (C=O) groups is 1. The number of hydrogen-bond donors (Lipinski definition) is 1. The second-order valence-corrected chi connectivity index (χ2v) is 8.45. The van der Waals surface area contributed by atoms with Crippen molar-refractivity contribution in [1.29, 1.82) is 5.26 Å². The number of aromatic nitrogens is 2. The van der Waals surface area contributed by atoms with Crippen molar-refractivity contribution in [2.75, 3.05) is 7.11 Å². The van der Waals surface area contributed by atoms with Gasteiger partial charge in [0, 0.05) is 23.1 Å². The first kappa shape index (κ1) is 21.8. The van der Waals surface area contributed by atoms with Gasteiger partial charge in [-0.15, -0.1) is 0 Å². The fourth-order valence-corrected chi connectivity index (χ4v) is 4.47. The van der Waals surface area contributed by atoms with Crippen LogP contribution >= 0.6 is 0 Å². The molecule has 0 aliphatic heterocycles. The number of carbonyl (C=O) groups excluding carboxylic acids is 1. The minimum atomic E-state index is -0.0460. The molecule has 0 saturated heterocycles. The Bertz CT molecular complexity index is 1140. The lowest BCUT2D eigenvalue weighted by Crippen LogP contribution is -2.19. The first-order valence-corrected chi connectivity index (χ1v) is 11.1. The zero-order valence-corrected chi connectivity index (χ0v) is 18.5. The van der Waals surface area contributed by atoms with Gasteiger partial charge >= 0.3 is 0 Å². The molecular weight excluding hydrogens is 400 g/mol. The lowest BCUT2D eigenvalue weighted by Gasteiger charge is -2.11. The first-order valence-electron chi connectivity index (χ1n) is 11.1. The van der Waals surface area contributed by atoms with Crippen LogP contribution in [-0.2, 0) is 0 Å². The standard InChI is InChI=1S/C26H28N4O2/c1-17-24(26(31)20-4-3-5-21(28)11-8-20)29-30(22-12-6-18(16-27)7-13-22)25(17)19-9-14-23(32-2)15-10-19/h6-7,9-10,12-15,20-21H,3-5,8,11,28H2,1-2H3. The molecule has 6 nitrogen and oxygen atoms in total. The summed E-state index contributed by atoms with van der Waals surface area (Å²) in [6.07, 6.45) is 4.48. The van der Waals surface area contributed by atoms with E-state index < -0.39 is 0 Å². The summed E-state index contributed by atoms with van der Waals surface area (Å²) in [5.74, 6) is 0.816. The molecule has 1 saturated carbocycles. The number of ether oxygens (including phenoxy) is 1. The summed E-state index contributed by atoms with van der Waals surface area (Å²) in [7, 11) is 1.64. The van der Waals surface area contributed by atoms with Crippen molar-refractivity contribution < 1.29 is 9.53 Å². The van der Waals surface area contributed by atoms with Crippen molar-refractivity contribution >= 4 is 5.78 Å². The van der Waals surface area contributed by atoms with Crippen LogP contribution in [0.3, 0.4) is 0 Å². The summed E-state index contributed by atoms with van der Waals surface area (Å²) >= 11 is 0. The van der Waals surface area contributed by atoms with E-state index in [1.807, 2.05) is 48.0 Å². The van der Waals surface area contributed by atoms with Gasteiger partial charge in [0.1, 0.15) is 11.4 Å². The van der Waals surface area contributed by atoms with Crippen LogP contribution < -0.4 is 10.5 Å². The number of Topliss-reactive ketones (excluding diaryl/α,β-unsaturated/α-hetero) is 1. The Balaban J connectivity index is 1.80. The number of rotatable bonds is 5. The van der Waals surface area contributed by atoms with Crippen LogP contribution in [0.5, 0.6) is 5.75 Å². The predicted octanol–water partition coefficient (Wildman–Crippen LogP) is 4.82. The third-order valence-electron chi connectivity index (χ3n) is 6.34.